The lowest BCUT2D eigenvalue weighted by Gasteiger charge is -2.20. The maximum atomic E-state index is 13.5. The number of aliphatic imine (C=N–C) groups is 1. The Labute approximate surface area is 182 Å². The highest BCUT2D eigenvalue weighted by atomic mass is 16.5. The molecule has 0 unspecified atom stereocenters. The molecular formula is C26H24N2O3. The van der Waals surface area contributed by atoms with Gasteiger partial charge in [0.25, 0.3) is 5.91 Å². The van der Waals surface area contributed by atoms with Crippen LogP contribution in [0.3, 0.4) is 0 Å². The van der Waals surface area contributed by atoms with E-state index in [2.05, 4.69) is 6.07 Å². The third kappa shape index (κ3) is 4.08. The Bertz CT molecular complexity index is 1190. The normalized spacial score (nSPS) is 14.7. The first-order chi connectivity index (χ1) is 15.0. The summed E-state index contributed by atoms with van der Waals surface area (Å²) in [4.78, 5) is 20.0. The van der Waals surface area contributed by atoms with Crippen molar-refractivity contribution in [3.63, 3.8) is 0 Å². The van der Waals surface area contributed by atoms with Gasteiger partial charge in [-0.2, -0.15) is 0 Å². The minimum atomic E-state index is -0.186. The molecule has 5 nitrogen and oxygen atoms in total. The Balaban J connectivity index is 1.88. The monoisotopic (exact) mass is 412 g/mol. The van der Waals surface area contributed by atoms with E-state index in [1.807, 2.05) is 74.5 Å². The van der Waals surface area contributed by atoms with Crippen LogP contribution in [-0.2, 0) is 4.79 Å². The van der Waals surface area contributed by atoms with Crippen LogP contribution in [0.1, 0.15) is 22.3 Å². The number of carbonyl (C=O) groups excluding carboxylic acids is 1. The molecule has 4 rings (SSSR count). The standard InChI is InChI=1S/C26H24N2O3/c1-17-12-18(2)14-21(13-17)28-25(20-9-7-10-22(15-20)30-3)27-23(26(28)29)16-19-8-5-6-11-24(19)31-4/h5-16H,1-4H3. The van der Waals surface area contributed by atoms with Crippen molar-refractivity contribution < 1.29 is 14.3 Å². The van der Waals surface area contributed by atoms with E-state index in [0.29, 0.717) is 23.0 Å². The summed E-state index contributed by atoms with van der Waals surface area (Å²) in [6, 6.07) is 21.2. The molecule has 0 aliphatic carbocycles. The maximum absolute atomic E-state index is 13.5. The van der Waals surface area contributed by atoms with Gasteiger partial charge < -0.3 is 9.47 Å². The lowest BCUT2D eigenvalue weighted by atomic mass is 10.1. The number of amidine groups is 1. The Morgan fingerprint density at radius 2 is 1.61 bits per heavy atom. The fraction of sp³-hybridized carbons (Fsp3) is 0.154. The van der Waals surface area contributed by atoms with Gasteiger partial charge in [0.1, 0.15) is 23.0 Å². The summed E-state index contributed by atoms with van der Waals surface area (Å²) in [5.41, 5.74) is 4.89. The summed E-state index contributed by atoms with van der Waals surface area (Å²) in [6.07, 6.45) is 1.77. The molecule has 5 heteroatoms. The topological polar surface area (TPSA) is 51.1 Å². The highest BCUT2D eigenvalue weighted by Crippen LogP contribution is 2.31. The average molecular weight is 412 g/mol. The van der Waals surface area contributed by atoms with E-state index in [0.717, 1.165) is 27.9 Å². The van der Waals surface area contributed by atoms with Crippen LogP contribution in [0.4, 0.5) is 5.69 Å². The summed E-state index contributed by atoms with van der Waals surface area (Å²) in [6.45, 7) is 4.04. The molecule has 0 aromatic heterocycles. The summed E-state index contributed by atoms with van der Waals surface area (Å²) < 4.78 is 10.8. The second-order valence-corrected chi connectivity index (χ2v) is 7.43. The van der Waals surface area contributed by atoms with E-state index in [9.17, 15) is 4.79 Å². The van der Waals surface area contributed by atoms with Crippen molar-refractivity contribution in [3.05, 3.63) is 94.7 Å². The number of amides is 1. The van der Waals surface area contributed by atoms with Gasteiger partial charge >= 0.3 is 0 Å². The fourth-order valence-electron chi connectivity index (χ4n) is 3.72. The molecule has 0 saturated carbocycles. The predicted molar refractivity (Wildman–Crippen MR) is 124 cm³/mol. The van der Waals surface area contributed by atoms with E-state index in [1.165, 1.54) is 0 Å². The van der Waals surface area contributed by atoms with Crippen molar-refractivity contribution in [1.82, 2.24) is 0 Å². The van der Waals surface area contributed by atoms with E-state index < -0.39 is 0 Å². The number of hydrogen-bond acceptors (Lipinski definition) is 4. The van der Waals surface area contributed by atoms with Crippen molar-refractivity contribution in [2.75, 3.05) is 19.1 Å². The Kier molecular flexibility index (Phi) is 5.58. The van der Waals surface area contributed by atoms with Crippen molar-refractivity contribution in [2.24, 2.45) is 4.99 Å². The molecule has 1 heterocycles. The molecule has 3 aromatic carbocycles. The molecule has 156 valence electrons. The van der Waals surface area contributed by atoms with Gasteiger partial charge in [-0.05, 0) is 61.4 Å². The van der Waals surface area contributed by atoms with Crippen LogP contribution in [-0.4, -0.2) is 26.0 Å². The number of hydrogen-bond donors (Lipinski definition) is 0. The molecule has 1 aliphatic heterocycles. The average Bonchev–Trinajstić information content (AvgIpc) is 3.09. The van der Waals surface area contributed by atoms with Crippen molar-refractivity contribution in [3.8, 4) is 11.5 Å². The van der Waals surface area contributed by atoms with Gasteiger partial charge in [-0.3, -0.25) is 9.69 Å². The molecule has 1 aliphatic rings. The van der Waals surface area contributed by atoms with Gasteiger partial charge in [-0.15, -0.1) is 0 Å². The van der Waals surface area contributed by atoms with Crippen LogP contribution < -0.4 is 14.4 Å². The van der Waals surface area contributed by atoms with Crippen LogP contribution in [0.5, 0.6) is 11.5 Å². The molecule has 0 spiro atoms. The lowest BCUT2D eigenvalue weighted by molar-refractivity contribution is -0.113. The zero-order valence-electron chi connectivity index (χ0n) is 18.0. The van der Waals surface area contributed by atoms with Crippen LogP contribution in [0.15, 0.2) is 77.4 Å². The molecular weight excluding hydrogens is 388 g/mol. The van der Waals surface area contributed by atoms with Crippen molar-refractivity contribution in [1.29, 1.82) is 0 Å². The molecule has 0 atom stereocenters. The van der Waals surface area contributed by atoms with Crippen LogP contribution >= 0.6 is 0 Å². The molecule has 0 fully saturated rings. The van der Waals surface area contributed by atoms with Crippen molar-refractivity contribution in [2.45, 2.75) is 13.8 Å². The summed E-state index contributed by atoms with van der Waals surface area (Å²) >= 11 is 0. The number of ether oxygens (including phenoxy) is 2. The van der Waals surface area contributed by atoms with E-state index in [-0.39, 0.29) is 5.91 Å². The Hall–Kier alpha value is -3.86. The SMILES string of the molecule is COc1cccc(C2=NC(=Cc3ccccc3OC)C(=O)N2c2cc(C)cc(C)c2)c1. The Morgan fingerprint density at radius 3 is 2.32 bits per heavy atom. The predicted octanol–water partition coefficient (Wildman–Crippen LogP) is 5.16. The number of carbonyl (C=O) groups is 1. The molecule has 0 saturated heterocycles. The third-order valence-corrected chi connectivity index (χ3v) is 5.08. The van der Waals surface area contributed by atoms with Gasteiger partial charge in [0, 0.05) is 11.1 Å². The number of methoxy groups -OCH3 is 2. The molecule has 0 N–H and O–H groups in total. The van der Waals surface area contributed by atoms with Crippen LogP contribution in [0, 0.1) is 13.8 Å². The maximum Gasteiger partial charge on any atom is 0.282 e. The largest absolute Gasteiger partial charge is 0.497 e. The smallest absolute Gasteiger partial charge is 0.282 e. The second kappa shape index (κ2) is 8.48. The summed E-state index contributed by atoms with van der Waals surface area (Å²) in [5.74, 6) is 1.77. The van der Waals surface area contributed by atoms with Crippen LogP contribution in [0.2, 0.25) is 0 Å². The van der Waals surface area contributed by atoms with Gasteiger partial charge in [-0.25, -0.2) is 4.99 Å². The minimum absolute atomic E-state index is 0.186. The molecule has 0 radical (unpaired) electrons. The van der Waals surface area contributed by atoms with E-state index >= 15 is 0 Å². The highest BCUT2D eigenvalue weighted by Gasteiger charge is 2.33. The van der Waals surface area contributed by atoms with Gasteiger partial charge in [0.05, 0.1) is 19.9 Å². The van der Waals surface area contributed by atoms with Gasteiger partial charge in [0.2, 0.25) is 0 Å². The zero-order chi connectivity index (χ0) is 22.0. The Morgan fingerprint density at radius 1 is 0.871 bits per heavy atom. The number of benzene rings is 3. The fourth-order valence-corrected chi connectivity index (χ4v) is 3.72. The number of anilines is 1. The minimum Gasteiger partial charge on any atom is -0.497 e. The first-order valence-corrected chi connectivity index (χ1v) is 10.0. The number of rotatable bonds is 5. The third-order valence-electron chi connectivity index (χ3n) is 5.08. The lowest BCUT2D eigenvalue weighted by Crippen LogP contribution is -2.32. The quantitative estimate of drug-likeness (QED) is 0.544. The second-order valence-electron chi connectivity index (χ2n) is 7.43. The van der Waals surface area contributed by atoms with Gasteiger partial charge in [0.15, 0.2) is 0 Å². The molecule has 3 aromatic rings. The number of para-hydroxylation sites is 1. The molecule has 31 heavy (non-hydrogen) atoms. The first-order valence-electron chi connectivity index (χ1n) is 10.0. The number of aryl methyl sites for hydroxylation is 2. The van der Waals surface area contributed by atoms with E-state index in [1.54, 1.807) is 25.2 Å². The highest BCUT2D eigenvalue weighted by molar-refractivity contribution is 6.33. The van der Waals surface area contributed by atoms with E-state index in [4.69, 9.17) is 14.5 Å². The zero-order valence-corrected chi connectivity index (χ0v) is 18.0. The summed E-state index contributed by atoms with van der Waals surface area (Å²) in [5, 5.41) is 0. The van der Waals surface area contributed by atoms with Crippen molar-refractivity contribution >= 4 is 23.5 Å². The van der Waals surface area contributed by atoms with Gasteiger partial charge in [-0.1, -0.05) is 36.4 Å². The molecule has 0 bridgehead atoms. The summed E-state index contributed by atoms with van der Waals surface area (Å²) in [7, 11) is 3.23. The van der Waals surface area contributed by atoms with Crippen LogP contribution in [0.25, 0.3) is 6.08 Å². The first kappa shape index (κ1) is 20.4. The number of nitrogens with zero attached hydrogens (tertiary/aromatic N) is 2. The molecule has 1 amide bonds.